The van der Waals surface area contributed by atoms with E-state index in [1.54, 1.807) is 0 Å². The highest BCUT2D eigenvalue weighted by atomic mass is 31.2. The average Bonchev–Trinajstić information content (AvgIpc) is 3.62. The molecule has 516 valence electrons. The first-order valence-electron chi connectivity index (χ1n) is 38.8. The van der Waals surface area contributed by atoms with Crippen molar-refractivity contribution in [3.8, 4) is 0 Å². The van der Waals surface area contributed by atoms with Crippen LogP contribution in [-0.4, -0.2) is 49.3 Å². The van der Waals surface area contributed by atoms with Gasteiger partial charge in [-0.1, -0.05) is 391 Å². The maximum Gasteiger partial charge on any atom is 0.472 e. The van der Waals surface area contributed by atoms with Crippen LogP contribution in [0.3, 0.4) is 0 Å². The third-order valence-electron chi connectivity index (χ3n) is 17.8. The predicted molar refractivity (Wildman–Crippen MR) is 377 cm³/mol. The maximum atomic E-state index is 12.8. The van der Waals surface area contributed by atoms with Gasteiger partial charge in [0.1, 0.15) is 6.61 Å². The Morgan fingerprint density at radius 2 is 0.598 bits per heavy atom. The van der Waals surface area contributed by atoms with Crippen molar-refractivity contribution < 1.29 is 37.6 Å². The Morgan fingerprint density at radius 3 is 0.874 bits per heavy atom. The van der Waals surface area contributed by atoms with Crippen molar-refractivity contribution in [2.45, 2.75) is 431 Å². The van der Waals surface area contributed by atoms with Crippen molar-refractivity contribution in [1.82, 2.24) is 0 Å². The van der Waals surface area contributed by atoms with Crippen LogP contribution < -0.4 is 5.73 Å². The van der Waals surface area contributed by atoms with Gasteiger partial charge in [0.15, 0.2) is 6.10 Å². The van der Waals surface area contributed by atoms with Crippen LogP contribution in [0.2, 0.25) is 0 Å². The number of nitrogens with two attached hydrogens (primary N) is 1. The van der Waals surface area contributed by atoms with Crippen molar-refractivity contribution in [3.05, 3.63) is 24.3 Å². The summed E-state index contributed by atoms with van der Waals surface area (Å²) in [5.41, 5.74) is 5.41. The summed E-state index contributed by atoms with van der Waals surface area (Å²) in [5, 5.41) is 0. The summed E-state index contributed by atoms with van der Waals surface area (Å²) in [6.07, 6.45) is 91.8. The highest BCUT2D eigenvalue weighted by Gasteiger charge is 2.26. The third-order valence-corrected chi connectivity index (χ3v) is 18.8. The van der Waals surface area contributed by atoms with Crippen LogP contribution in [0.1, 0.15) is 425 Å². The van der Waals surface area contributed by atoms with E-state index in [1.165, 1.54) is 353 Å². The molecule has 10 heteroatoms. The lowest BCUT2D eigenvalue weighted by atomic mass is 10.0. The molecule has 0 bridgehead atoms. The van der Waals surface area contributed by atoms with Crippen molar-refractivity contribution in [2.24, 2.45) is 5.73 Å². The number of rotatable bonds is 75. The molecule has 0 aromatic heterocycles. The van der Waals surface area contributed by atoms with Crippen molar-refractivity contribution in [3.63, 3.8) is 0 Å². The number of phosphoric acid groups is 1. The van der Waals surface area contributed by atoms with E-state index in [-0.39, 0.29) is 38.6 Å². The lowest BCUT2D eigenvalue weighted by Crippen LogP contribution is -2.29. The van der Waals surface area contributed by atoms with E-state index >= 15 is 0 Å². The van der Waals surface area contributed by atoms with Gasteiger partial charge in [-0.15, -0.1) is 0 Å². The minimum absolute atomic E-state index is 0.0565. The molecule has 0 fully saturated rings. The topological polar surface area (TPSA) is 134 Å². The molecule has 0 saturated heterocycles. The number of ether oxygens (including phenoxy) is 2. The standard InChI is InChI=1S/C77H150NO8P/c1-3-5-7-9-11-13-15-17-19-21-23-25-27-29-31-32-33-34-35-36-37-38-39-40-41-42-44-45-47-49-51-53-55-57-59-61-63-65-67-69-76(79)83-73-75(74-85-87(81,82)84-72-71-78)86-77(80)70-68-66-64-62-60-58-56-54-52-50-48-46-43-30-28-26-24-22-20-18-16-14-12-10-8-6-4-2/h16,18,22,24,75H,3-15,17,19-21,23,25-74,78H2,1-2H3,(H,81,82)/b18-16-,24-22-. The summed E-state index contributed by atoms with van der Waals surface area (Å²) in [4.78, 5) is 35.4. The van der Waals surface area contributed by atoms with Gasteiger partial charge in [-0.25, -0.2) is 4.57 Å². The predicted octanol–water partition coefficient (Wildman–Crippen LogP) is 25.7. The molecule has 2 unspecified atom stereocenters. The monoisotopic (exact) mass is 1250 g/mol. The lowest BCUT2D eigenvalue weighted by Gasteiger charge is -2.19. The zero-order chi connectivity index (χ0) is 63.0. The Hall–Kier alpha value is -1.51. The van der Waals surface area contributed by atoms with Crippen LogP contribution in [-0.2, 0) is 32.7 Å². The maximum absolute atomic E-state index is 12.8. The highest BCUT2D eigenvalue weighted by molar-refractivity contribution is 7.47. The second-order valence-corrected chi connectivity index (χ2v) is 28.0. The first kappa shape index (κ1) is 85.5. The number of carbonyl (C=O) groups is 2. The number of hydrogen-bond donors (Lipinski definition) is 2. The van der Waals surface area contributed by atoms with Crippen LogP contribution in [0.5, 0.6) is 0 Å². The van der Waals surface area contributed by atoms with Gasteiger partial charge in [-0.3, -0.25) is 18.6 Å². The third kappa shape index (κ3) is 73.4. The fraction of sp³-hybridized carbons (Fsp3) is 0.922. The van der Waals surface area contributed by atoms with Crippen molar-refractivity contribution >= 4 is 19.8 Å². The quantitative estimate of drug-likeness (QED) is 0.0264. The molecular weight excluding hydrogens is 1100 g/mol. The summed E-state index contributed by atoms with van der Waals surface area (Å²) in [5.74, 6) is -0.802. The zero-order valence-electron chi connectivity index (χ0n) is 58.3. The number of hydrogen-bond acceptors (Lipinski definition) is 8. The fourth-order valence-corrected chi connectivity index (χ4v) is 12.9. The Kier molecular flexibility index (Phi) is 72.3. The Morgan fingerprint density at radius 1 is 0.345 bits per heavy atom. The summed E-state index contributed by atoms with van der Waals surface area (Å²) < 4.78 is 33.2. The minimum atomic E-state index is -4.39. The smallest absolute Gasteiger partial charge is 0.462 e. The number of carbonyl (C=O) groups excluding carboxylic acids is 2. The number of unbranched alkanes of at least 4 members (excludes halogenated alkanes) is 58. The van der Waals surface area contributed by atoms with E-state index < -0.39 is 26.5 Å². The largest absolute Gasteiger partial charge is 0.472 e. The van der Waals surface area contributed by atoms with E-state index in [0.717, 1.165) is 38.5 Å². The Labute approximate surface area is 542 Å². The molecule has 0 amide bonds. The molecule has 87 heavy (non-hydrogen) atoms. The van der Waals surface area contributed by atoms with Gasteiger partial charge in [0.25, 0.3) is 0 Å². The molecule has 2 atom stereocenters. The van der Waals surface area contributed by atoms with Gasteiger partial charge in [-0.2, -0.15) is 0 Å². The summed E-state index contributed by atoms with van der Waals surface area (Å²) in [7, 11) is -4.39. The van der Waals surface area contributed by atoms with Gasteiger partial charge in [-0.05, 0) is 44.9 Å². The minimum Gasteiger partial charge on any atom is -0.462 e. The summed E-state index contributed by atoms with van der Waals surface area (Å²) >= 11 is 0. The molecule has 3 N–H and O–H groups in total. The second kappa shape index (κ2) is 73.5. The van der Waals surface area contributed by atoms with E-state index in [2.05, 4.69) is 38.2 Å². The molecule has 0 aromatic rings. The Bertz CT molecular complexity index is 1470. The van der Waals surface area contributed by atoms with Gasteiger partial charge in [0, 0.05) is 19.4 Å². The normalized spacial score (nSPS) is 12.9. The number of phosphoric ester groups is 1. The number of allylic oxidation sites excluding steroid dienone is 4. The van der Waals surface area contributed by atoms with E-state index in [1.807, 2.05) is 0 Å². The molecule has 0 aliphatic rings. The van der Waals surface area contributed by atoms with E-state index in [4.69, 9.17) is 24.3 Å². The van der Waals surface area contributed by atoms with Gasteiger partial charge < -0.3 is 20.1 Å². The van der Waals surface area contributed by atoms with Crippen LogP contribution in [0.15, 0.2) is 24.3 Å². The lowest BCUT2D eigenvalue weighted by molar-refractivity contribution is -0.161. The zero-order valence-corrected chi connectivity index (χ0v) is 59.2. The van der Waals surface area contributed by atoms with Crippen LogP contribution in [0.25, 0.3) is 0 Å². The molecule has 0 spiro atoms. The van der Waals surface area contributed by atoms with Gasteiger partial charge >= 0.3 is 19.8 Å². The Balaban J connectivity index is 3.73. The summed E-state index contributed by atoms with van der Waals surface area (Å²) in [6, 6.07) is 0. The first-order chi connectivity index (χ1) is 42.8. The van der Waals surface area contributed by atoms with Crippen molar-refractivity contribution in [2.75, 3.05) is 26.4 Å². The van der Waals surface area contributed by atoms with Gasteiger partial charge in [0.2, 0.25) is 0 Å². The highest BCUT2D eigenvalue weighted by Crippen LogP contribution is 2.43. The molecule has 0 heterocycles. The van der Waals surface area contributed by atoms with Crippen LogP contribution in [0.4, 0.5) is 0 Å². The van der Waals surface area contributed by atoms with Crippen LogP contribution in [0, 0.1) is 0 Å². The molecule has 0 aliphatic heterocycles. The summed E-state index contributed by atoms with van der Waals surface area (Å²) in [6.45, 7) is 3.82. The molecule has 0 aromatic carbocycles. The van der Waals surface area contributed by atoms with Crippen molar-refractivity contribution in [1.29, 1.82) is 0 Å². The molecule has 0 aliphatic carbocycles. The molecule has 9 nitrogen and oxygen atoms in total. The SMILES string of the molecule is CCCCCCC/C=C\C/C=C\CCCCCCCCCCCCCCCCCC(=O)OC(COC(=O)CCCCCCCCCCCCCCCCCCCCCCCCCCCCCCCCCCCCCCCCC)COP(=O)(O)OCCN. The number of esters is 2. The van der Waals surface area contributed by atoms with Gasteiger partial charge in [0.05, 0.1) is 13.2 Å². The van der Waals surface area contributed by atoms with E-state index in [9.17, 15) is 19.0 Å². The fourth-order valence-electron chi connectivity index (χ4n) is 12.1. The first-order valence-corrected chi connectivity index (χ1v) is 40.3. The second-order valence-electron chi connectivity index (χ2n) is 26.6. The molecule has 0 rings (SSSR count). The average molecular weight is 1250 g/mol. The molecular formula is C77H150NO8P. The van der Waals surface area contributed by atoms with E-state index in [0.29, 0.717) is 6.42 Å². The molecule has 0 saturated carbocycles. The van der Waals surface area contributed by atoms with Crippen LogP contribution >= 0.6 is 7.82 Å². The molecule has 0 radical (unpaired) electrons.